The number of rotatable bonds is 8. The highest BCUT2D eigenvalue weighted by molar-refractivity contribution is 5.68. The fourth-order valence-electron chi connectivity index (χ4n) is 2.49. The fourth-order valence-corrected chi connectivity index (χ4v) is 2.49. The van der Waals surface area contributed by atoms with Crippen LogP contribution in [0.15, 0.2) is 17.1 Å². The maximum Gasteiger partial charge on any atom is 0.163 e. The van der Waals surface area contributed by atoms with E-state index < -0.39 is 0 Å². The smallest absolute Gasteiger partial charge is 0.163 e. The van der Waals surface area contributed by atoms with Crippen LogP contribution in [-0.2, 0) is 4.74 Å². The van der Waals surface area contributed by atoms with Crippen molar-refractivity contribution in [3.8, 4) is 17.6 Å². The van der Waals surface area contributed by atoms with E-state index in [1.165, 1.54) is 0 Å². The Kier molecular flexibility index (Phi) is 7.51. The Morgan fingerprint density at radius 3 is 2.72 bits per heavy atom. The zero-order chi connectivity index (χ0) is 18.1. The molecular weight excluding hydrogens is 320 g/mol. The minimum Gasteiger partial charge on any atom is -0.493 e. The van der Waals surface area contributed by atoms with Crippen LogP contribution in [0.4, 0.5) is 5.69 Å². The maximum atomic E-state index is 9.30. The molecule has 1 heterocycles. The van der Waals surface area contributed by atoms with Crippen LogP contribution in [0.5, 0.6) is 11.5 Å². The van der Waals surface area contributed by atoms with Crippen molar-refractivity contribution in [3.63, 3.8) is 0 Å². The van der Waals surface area contributed by atoms with Gasteiger partial charge in [0, 0.05) is 45.9 Å². The third kappa shape index (κ3) is 5.93. The van der Waals surface area contributed by atoms with E-state index >= 15 is 0 Å². The molecule has 7 heteroatoms. The summed E-state index contributed by atoms with van der Waals surface area (Å²) in [4.78, 5) is 8.52. The molecule has 1 aliphatic rings. The highest BCUT2D eigenvalue weighted by Gasteiger charge is 2.13. The van der Waals surface area contributed by atoms with Gasteiger partial charge in [0.2, 0.25) is 0 Å². The number of nitriles is 1. The zero-order valence-electron chi connectivity index (χ0n) is 15.2. The van der Waals surface area contributed by atoms with Crippen molar-refractivity contribution in [2.24, 2.45) is 4.99 Å². The van der Waals surface area contributed by atoms with Gasteiger partial charge in [-0.1, -0.05) is 0 Å². The minimum absolute atomic E-state index is 0.454. The van der Waals surface area contributed by atoms with Gasteiger partial charge in [-0.2, -0.15) is 5.26 Å². The Hall–Kier alpha value is -2.30. The number of nitrogens with zero attached hydrogens (tertiary/aromatic N) is 4. The van der Waals surface area contributed by atoms with Crippen LogP contribution < -0.4 is 9.47 Å². The Balaban J connectivity index is 1.99. The normalized spacial score (nSPS) is 15.1. The molecule has 136 valence electrons. The lowest BCUT2D eigenvalue weighted by Gasteiger charge is -2.26. The third-order valence-corrected chi connectivity index (χ3v) is 3.81. The highest BCUT2D eigenvalue weighted by atomic mass is 16.5. The van der Waals surface area contributed by atoms with E-state index in [2.05, 4.69) is 16.0 Å². The summed E-state index contributed by atoms with van der Waals surface area (Å²) in [6.45, 7) is 5.12. The van der Waals surface area contributed by atoms with Crippen LogP contribution in [0.1, 0.15) is 12.0 Å². The molecule has 7 nitrogen and oxygen atoms in total. The second-order valence-electron chi connectivity index (χ2n) is 6.00. The van der Waals surface area contributed by atoms with E-state index in [0.29, 0.717) is 29.4 Å². The van der Waals surface area contributed by atoms with Gasteiger partial charge < -0.3 is 19.1 Å². The second kappa shape index (κ2) is 9.87. The molecule has 0 saturated carbocycles. The molecule has 0 radical (unpaired) electrons. The summed E-state index contributed by atoms with van der Waals surface area (Å²) in [6, 6.07) is 5.57. The van der Waals surface area contributed by atoms with Gasteiger partial charge in [-0.3, -0.25) is 4.90 Å². The van der Waals surface area contributed by atoms with E-state index in [4.69, 9.17) is 14.2 Å². The summed E-state index contributed by atoms with van der Waals surface area (Å²) in [7, 11) is 5.32. The van der Waals surface area contributed by atoms with Crippen LogP contribution in [0.2, 0.25) is 0 Å². The number of hydrogen-bond acceptors (Lipinski definition) is 6. The van der Waals surface area contributed by atoms with Gasteiger partial charge in [0.05, 0.1) is 44.5 Å². The number of benzene rings is 1. The van der Waals surface area contributed by atoms with Gasteiger partial charge in [-0.25, -0.2) is 4.99 Å². The van der Waals surface area contributed by atoms with Crippen molar-refractivity contribution in [2.45, 2.75) is 6.42 Å². The third-order valence-electron chi connectivity index (χ3n) is 3.81. The Morgan fingerprint density at radius 2 is 2.08 bits per heavy atom. The largest absolute Gasteiger partial charge is 0.493 e. The minimum atomic E-state index is 0.454. The molecule has 0 aliphatic carbocycles. The van der Waals surface area contributed by atoms with Crippen molar-refractivity contribution in [1.82, 2.24) is 9.80 Å². The van der Waals surface area contributed by atoms with Gasteiger partial charge in [0.1, 0.15) is 6.07 Å². The van der Waals surface area contributed by atoms with Crippen LogP contribution in [0.3, 0.4) is 0 Å². The molecule has 0 atom stereocenters. The number of ether oxygens (including phenoxy) is 3. The number of hydrogen-bond donors (Lipinski definition) is 0. The van der Waals surface area contributed by atoms with Crippen molar-refractivity contribution in [1.29, 1.82) is 5.26 Å². The van der Waals surface area contributed by atoms with Crippen LogP contribution in [-0.4, -0.2) is 76.8 Å². The van der Waals surface area contributed by atoms with Crippen molar-refractivity contribution >= 4 is 12.0 Å². The first-order chi connectivity index (χ1) is 12.1. The summed E-state index contributed by atoms with van der Waals surface area (Å²) < 4.78 is 16.6. The lowest BCUT2D eigenvalue weighted by Crippen LogP contribution is -2.37. The summed E-state index contributed by atoms with van der Waals surface area (Å²) in [6.07, 6.45) is 2.57. The summed E-state index contributed by atoms with van der Waals surface area (Å²) >= 11 is 0. The molecule has 0 aromatic heterocycles. The van der Waals surface area contributed by atoms with Crippen molar-refractivity contribution in [3.05, 3.63) is 17.7 Å². The first-order valence-electron chi connectivity index (χ1n) is 8.39. The van der Waals surface area contributed by atoms with E-state index in [-0.39, 0.29) is 0 Å². The number of methoxy groups -OCH3 is 1. The topological polar surface area (TPSA) is 70.3 Å². The molecule has 0 spiro atoms. The first-order valence-corrected chi connectivity index (χ1v) is 8.39. The Bertz CT molecular complexity index is 619. The highest BCUT2D eigenvalue weighted by Crippen LogP contribution is 2.34. The van der Waals surface area contributed by atoms with Crippen LogP contribution >= 0.6 is 0 Å². The standard InChI is InChI=1S/C18H26N4O3/c1-21(2)14-20-16-12-18(17(23-3)11-15(16)13-19)25-8-4-5-22-6-9-24-10-7-22/h11-12,14H,4-10H2,1-3H3/b20-14-. The zero-order valence-corrected chi connectivity index (χ0v) is 15.2. The van der Waals surface area contributed by atoms with Gasteiger partial charge in [0.15, 0.2) is 11.5 Å². The fraction of sp³-hybridized carbons (Fsp3) is 0.556. The second-order valence-corrected chi connectivity index (χ2v) is 6.00. The quantitative estimate of drug-likeness (QED) is 0.407. The SMILES string of the molecule is COc1cc(C#N)c(/N=C\N(C)C)cc1OCCCN1CCOCC1. The van der Waals surface area contributed by atoms with Gasteiger partial charge in [0.25, 0.3) is 0 Å². The van der Waals surface area contributed by atoms with Gasteiger partial charge in [-0.05, 0) is 6.42 Å². The Morgan fingerprint density at radius 1 is 1.32 bits per heavy atom. The molecule has 0 amide bonds. The average Bonchev–Trinajstić information content (AvgIpc) is 2.64. The molecular formula is C18H26N4O3. The van der Waals surface area contributed by atoms with Crippen molar-refractivity contribution in [2.75, 3.05) is 60.7 Å². The first kappa shape index (κ1) is 19.0. The van der Waals surface area contributed by atoms with E-state index in [0.717, 1.165) is 39.3 Å². The van der Waals surface area contributed by atoms with Crippen molar-refractivity contribution < 1.29 is 14.2 Å². The number of aliphatic imine (C=N–C) groups is 1. The molecule has 0 unspecified atom stereocenters. The summed E-state index contributed by atoms with van der Waals surface area (Å²) in [5.74, 6) is 1.15. The molecule has 25 heavy (non-hydrogen) atoms. The monoisotopic (exact) mass is 346 g/mol. The molecule has 0 N–H and O–H groups in total. The average molecular weight is 346 g/mol. The van der Waals surface area contributed by atoms with Gasteiger partial charge in [-0.15, -0.1) is 0 Å². The predicted molar refractivity (Wildman–Crippen MR) is 96.9 cm³/mol. The maximum absolute atomic E-state index is 9.30. The molecule has 1 saturated heterocycles. The lowest BCUT2D eigenvalue weighted by molar-refractivity contribution is 0.0357. The van der Waals surface area contributed by atoms with E-state index in [9.17, 15) is 5.26 Å². The molecule has 1 aromatic carbocycles. The summed E-state index contributed by atoms with van der Waals surface area (Å²) in [5, 5.41) is 9.30. The molecule has 1 fully saturated rings. The Labute approximate surface area is 149 Å². The molecule has 0 bridgehead atoms. The number of morpholine rings is 1. The predicted octanol–water partition coefficient (Wildman–Crippen LogP) is 1.89. The molecule has 1 aromatic rings. The van der Waals surface area contributed by atoms with Gasteiger partial charge >= 0.3 is 0 Å². The summed E-state index contributed by atoms with van der Waals surface area (Å²) in [5.41, 5.74) is 1.02. The van der Waals surface area contributed by atoms with E-state index in [1.807, 2.05) is 19.0 Å². The molecule has 1 aliphatic heterocycles. The lowest BCUT2D eigenvalue weighted by atomic mass is 10.1. The van der Waals surface area contributed by atoms with Crippen LogP contribution in [0, 0.1) is 11.3 Å². The van der Waals surface area contributed by atoms with E-state index in [1.54, 1.807) is 25.6 Å². The van der Waals surface area contributed by atoms with Crippen LogP contribution in [0.25, 0.3) is 0 Å². The molecule has 2 rings (SSSR count).